The Morgan fingerprint density at radius 2 is 1.76 bits per heavy atom. The number of carbonyl (C=O) groups is 1. The van der Waals surface area contributed by atoms with Crippen molar-refractivity contribution in [1.29, 1.82) is 0 Å². The molecule has 92 valence electrons. The van der Waals surface area contributed by atoms with Gasteiger partial charge in [-0.2, -0.15) is 0 Å². The van der Waals surface area contributed by atoms with E-state index in [1.165, 1.54) is 0 Å². The third kappa shape index (κ3) is 3.63. The standard InChI is InChI=1S/C14H19NO2/c1-10(2)13(14(16)17)9-11-5-7-12(8-6-11)15(3)4/h5-10H,1-4H3,(H,16,17)/b13-9+. The van der Waals surface area contributed by atoms with Gasteiger partial charge in [0.1, 0.15) is 0 Å². The van der Waals surface area contributed by atoms with Crippen molar-refractivity contribution in [2.45, 2.75) is 13.8 Å². The molecule has 0 aromatic heterocycles. The summed E-state index contributed by atoms with van der Waals surface area (Å²) in [6.07, 6.45) is 1.73. The minimum absolute atomic E-state index is 0.0148. The van der Waals surface area contributed by atoms with Gasteiger partial charge in [0.05, 0.1) is 0 Å². The van der Waals surface area contributed by atoms with Crippen LogP contribution < -0.4 is 4.90 Å². The van der Waals surface area contributed by atoms with Gasteiger partial charge in [-0.3, -0.25) is 0 Å². The lowest BCUT2D eigenvalue weighted by atomic mass is 10.0. The van der Waals surface area contributed by atoms with E-state index in [4.69, 9.17) is 5.11 Å². The molecule has 0 radical (unpaired) electrons. The van der Waals surface area contributed by atoms with Gasteiger partial charge in [-0.1, -0.05) is 26.0 Å². The summed E-state index contributed by atoms with van der Waals surface area (Å²) in [5, 5.41) is 9.07. The average Bonchev–Trinajstić information content (AvgIpc) is 2.25. The second kappa shape index (κ2) is 5.53. The molecule has 0 atom stereocenters. The second-order valence-electron chi connectivity index (χ2n) is 4.55. The zero-order valence-electron chi connectivity index (χ0n) is 10.8. The Morgan fingerprint density at radius 3 is 2.12 bits per heavy atom. The van der Waals surface area contributed by atoms with Crippen molar-refractivity contribution < 1.29 is 9.90 Å². The fourth-order valence-electron chi connectivity index (χ4n) is 1.52. The summed E-state index contributed by atoms with van der Waals surface area (Å²) in [5.41, 5.74) is 2.45. The molecule has 0 unspecified atom stereocenters. The molecule has 0 aliphatic carbocycles. The van der Waals surface area contributed by atoms with Crippen molar-refractivity contribution in [2.75, 3.05) is 19.0 Å². The van der Waals surface area contributed by atoms with E-state index in [9.17, 15) is 4.79 Å². The quantitative estimate of drug-likeness (QED) is 0.813. The van der Waals surface area contributed by atoms with Crippen LogP contribution in [0.3, 0.4) is 0 Å². The number of aliphatic carboxylic acids is 1. The Morgan fingerprint density at radius 1 is 1.24 bits per heavy atom. The number of hydrogen-bond acceptors (Lipinski definition) is 2. The van der Waals surface area contributed by atoms with Gasteiger partial charge in [0.25, 0.3) is 0 Å². The van der Waals surface area contributed by atoms with E-state index in [-0.39, 0.29) is 5.92 Å². The largest absolute Gasteiger partial charge is 0.478 e. The molecule has 0 saturated carbocycles. The predicted octanol–water partition coefficient (Wildman–Crippen LogP) is 2.88. The van der Waals surface area contributed by atoms with Crippen LogP contribution >= 0.6 is 0 Å². The molecule has 1 rings (SSSR count). The number of carboxylic acids is 1. The molecule has 0 aliphatic heterocycles. The summed E-state index contributed by atoms with van der Waals surface area (Å²) in [4.78, 5) is 13.1. The molecule has 0 saturated heterocycles. The maximum absolute atomic E-state index is 11.0. The number of anilines is 1. The predicted molar refractivity (Wildman–Crippen MR) is 71.2 cm³/mol. The van der Waals surface area contributed by atoms with Gasteiger partial charge in [-0.15, -0.1) is 0 Å². The highest BCUT2D eigenvalue weighted by molar-refractivity contribution is 5.92. The van der Waals surface area contributed by atoms with E-state index in [1.54, 1.807) is 6.08 Å². The molecule has 1 N–H and O–H groups in total. The van der Waals surface area contributed by atoms with Crippen LogP contribution in [0.5, 0.6) is 0 Å². The second-order valence-corrected chi connectivity index (χ2v) is 4.55. The highest BCUT2D eigenvalue weighted by Crippen LogP contribution is 2.18. The SMILES string of the molecule is CC(C)/C(=C\c1ccc(N(C)C)cc1)C(=O)O. The van der Waals surface area contributed by atoms with Crippen molar-refractivity contribution in [1.82, 2.24) is 0 Å². The molecule has 0 fully saturated rings. The molecule has 3 nitrogen and oxygen atoms in total. The number of rotatable bonds is 4. The summed E-state index contributed by atoms with van der Waals surface area (Å²) in [5.74, 6) is -0.835. The number of carboxylic acid groups (broad SMARTS) is 1. The van der Waals surface area contributed by atoms with Gasteiger partial charge in [0, 0.05) is 25.4 Å². The summed E-state index contributed by atoms with van der Waals surface area (Å²) in [6, 6.07) is 7.82. The van der Waals surface area contributed by atoms with E-state index < -0.39 is 5.97 Å². The van der Waals surface area contributed by atoms with Crippen molar-refractivity contribution in [3.63, 3.8) is 0 Å². The van der Waals surface area contributed by atoms with Crippen molar-refractivity contribution in [3.05, 3.63) is 35.4 Å². The highest BCUT2D eigenvalue weighted by atomic mass is 16.4. The Kier molecular flexibility index (Phi) is 4.32. The third-order valence-corrected chi connectivity index (χ3v) is 2.60. The highest BCUT2D eigenvalue weighted by Gasteiger charge is 2.11. The van der Waals surface area contributed by atoms with Gasteiger partial charge in [0.2, 0.25) is 0 Å². The van der Waals surface area contributed by atoms with Crippen LogP contribution in [-0.4, -0.2) is 25.2 Å². The van der Waals surface area contributed by atoms with Gasteiger partial charge < -0.3 is 10.0 Å². The Hall–Kier alpha value is -1.77. The van der Waals surface area contributed by atoms with Crippen LogP contribution in [0.15, 0.2) is 29.8 Å². The van der Waals surface area contributed by atoms with Gasteiger partial charge in [0.15, 0.2) is 0 Å². The summed E-state index contributed by atoms with van der Waals surface area (Å²) >= 11 is 0. The van der Waals surface area contributed by atoms with E-state index in [2.05, 4.69) is 0 Å². The van der Waals surface area contributed by atoms with Gasteiger partial charge >= 0.3 is 5.97 Å². The fourth-order valence-corrected chi connectivity index (χ4v) is 1.52. The van der Waals surface area contributed by atoms with Gasteiger partial charge in [-0.05, 0) is 29.7 Å². The summed E-state index contributed by atoms with van der Waals surface area (Å²) in [6.45, 7) is 3.77. The lowest BCUT2D eigenvalue weighted by molar-refractivity contribution is -0.133. The Balaban J connectivity index is 3.01. The first-order valence-electron chi connectivity index (χ1n) is 5.64. The summed E-state index contributed by atoms with van der Waals surface area (Å²) in [7, 11) is 3.95. The summed E-state index contributed by atoms with van der Waals surface area (Å²) < 4.78 is 0. The first-order chi connectivity index (χ1) is 7.91. The Bertz CT molecular complexity index is 416. The molecular formula is C14H19NO2. The van der Waals surface area contributed by atoms with Crippen LogP contribution in [-0.2, 0) is 4.79 Å². The zero-order valence-corrected chi connectivity index (χ0v) is 10.8. The van der Waals surface area contributed by atoms with Crippen molar-refractivity contribution >= 4 is 17.7 Å². The van der Waals surface area contributed by atoms with Crippen LogP contribution in [0.1, 0.15) is 19.4 Å². The molecular weight excluding hydrogens is 214 g/mol. The average molecular weight is 233 g/mol. The maximum atomic E-state index is 11.0. The lowest BCUT2D eigenvalue weighted by Gasteiger charge is -2.12. The molecule has 0 heterocycles. The molecule has 0 aliphatic rings. The minimum atomic E-state index is -0.850. The monoisotopic (exact) mass is 233 g/mol. The topological polar surface area (TPSA) is 40.5 Å². The van der Waals surface area contributed by atoms with Crippen LogP contribution in [0.25, 0.3) is 6.08 Å². The lowest BCUT2D eigenvalue weighted by Crippen LogP contribution is -2.08. The molecule has 17 heavy (non-hydrogen) atoms. The third-order valence-electron chi connectivity index (χ3n) is 2.60. The minimum Gasteiger partial charge on any atom is -0.478 e. The molecule has 0 bridgehead atoms. The molecule has 1 aromatic carbocycles. The Labute approximate surface area is 102 Å². The molecule has 0 spiro atoms. The van der Waals surface area contributed by atoms with E-state index in [0.717, 1.165) is 11.3 Å². The number of nitrogens with zero attached hydrogens (tertiary/aromatic N) is 1. The normalized spacial score (nSPS) is 11.7. The molecule has 3 heteroatoms. The van der Waals surface area contributed by atoms with Gasteiger partial charge in [-0.25, -0.2) is 4.79 Å². The number of benzene rings is 1. The van der Waals surface area contributed by atoms with E-state index in [0.29, 0.717) is 5.57 Å². The van der Waals surface area contributed by atoms with E-state index >= 15 is 0 Å². The molecule has 0 amide bonds. The van der Waals surface area contributed by atoms with Crippen molar-refractivity contribution in [3.8, 4) is 0 Å². The first kappa shape index (κ1) is 13.3. The van der Waals surface area contributed by atoms with Crippen LogP contribution in [0.2, 0.25) is 0 Å². The maximum Gasteiger partial charge on any atom is 0.331 e. The van der Waals surface area contributed by atoms with Crippen molar-refractivity contribution in [2.24, 2.45) is 5.92 Å². The smallest absolute Gasteiger partial charge is 0.331 e. The first-order valence-corrected chi connectivity index (χ1v) is 5.64. The molecule has 1 aromatic rings. The van der Waals surface area contributed by atoms with E-state index in [1.807, 2.05) is 57.1 Å². The van der Waals surface area contributed by atoms with Crippen LogP contribution in [0, 0.1) is 5.92 Å². The number of hydrogen-bond donors (Lipinski definition) is 1. The van der Waals surface area contributed by atoms with Crippen LogP contribution in [0.4, 0.5) is 5.69 Å². The zero-order chi connectivity index (χ0) is 13.0. The fraction of sp³-hybridized carbons (Fsp3) is 0.357.